The van der Waals surface area contributed by atoms with Gasteiger partial charge in [0.1, 0.15) is 11.8 Å². The smallest absolute Gasteiger partial charge is 0.320 e. The molecule has 94 valence electrons. The van der Waals surface area contributed by atoms with Crippen molar-refractivity contribution in [2.45, 2.75) is 18.9 Å². The molecule has 1 rings (SSSR count). The van der Waals surface area contributed by atoms with E-state index in [1.165, 1.54) is 25.3 Å². The van der Waals surface area contributed by atoms with Gasteiger partial charge in [0.25, 0.3) is 6.43 Å². The van der Waals surface area contributed by atoms with Crippen LogP contribution in [0, 0.1) is 0 Å². The first-order chi connectivity index (χ1) is 7.95. The van der Waals surface area contributed by atoms with Crippen molar-refractivity contribution >= 4 is 5.97 Å². The van der Waals surface area contributed by atoms with E-state index in [0.717, 1.165) is 0 Å². The van der Waals surface area contributed by atoms with Crippen molar-refractivity contribution in [3.8, 4) is 5.75 Å². The number of methoxy groups -OCH3 is 1. The van der Waals surface area contributed by atoms with Crippen LogP contribution in [0.4, 0.5) is 8.78 Å². The maximum Gasteiger partial charge on any atom is 0.320 e. The van der Waals surface area contributed by atoms with Crippen molar-refractivity contribution in [1.29, 1.82) is 0 Å². The molecule has 0 amide bonds. The molecular formula is C11H13F2NO3. The second-order valence-electron chi connectivity index (χ2n) is 3.51. The van der Waals surface area contributed by atoms with Gasteiger partial charge in [0.05, 0.1) is 7.11 Å². The highest BCUT2D eigenvalue weighted by molar-refractivity contribution is 5.73. The van der Waals surface area contributed by atoms with E-state index < -0.39 is 18.4 Å². The molecule has 0 fully saturated rings. The van der Waals surface area contributed by atoms with E-state index in [9.17, 15) is 13.6 Å². The fourth-order valence-electron chi connectivity index (χ4n) is 1.42. The third-order valence-electron chi connectivity index (χ3n) is 2.34. The average Bonchev–Trinajstić information content (AvgIpc) is 2.28. The lowest BCUT2D eigenvalue weighted by Crippen LogP contribution is -2.32. The number of aliphatic carboxylic acids is 1. The van der Waals surface area contributed by atoms with E-state index in [0.29, 0.717) is 5.75 Å². The maximum atomic E-state index is 12.7. The van der Waals surface area contributed by atoms with E-state index in [2.05, 4.69) is 0 Å². The number of benzene rings is 1. The molecular weight excluding hydrogens is 232 g/mol. The van der Waals surface area contributed by atoms with Crippen LogP contribution in [0.1, 0.15) is 17.6 Å². The third-order valence-corrected chi connectivity index (χ3v) is 2.34. The Labute approximate surface area is 97.0 Å². The number of nitrogens with two attached hydrogens (primary N) is 1. The molecule has 0 radical (unpaired) electrons. The monoisotopic (exact) mass is 245 g/mol. The number of carbonyl (C=O) groups is 1. The van der Waals surface area contributed by atoms with Gasteiger partial charge in [0.15, 0.2) is 0 Å². The molecule has 0 aliphatic heterocycles. The molecule has 0 spiro atoms. The van der Waals surface area contributed by atoms with Crippen LogP contribution in [0.2, 0.25) is 0 Å². The highest BCUT2D eigenvalue weighted by Crippen LogP contribution is 2.27. The Morgan fingerprint density at radius 2 is 2.18 bits per heavy atom. The Balaban J connectivity index is 3.04. The van der Waals surface area contributed by atoms with Gasteiger partial charge in [-0.3, -0.25) is 4.79 Å². The zero-order chi connectivity index (χ0) is 13.0. The van der Waals surface area contributed by atoms with Gasteiger partial charge in [-0.1, -0.05) is 0 Å². The highest BCUT2D eigenvalue weighted by atomic mass is 19.3. The molecule has 17 heavy (non-hydrogen) atoms. The Morgan fingerprint density at radius 3 is 2.65 bits per heavy atom. The summed E-state index contributed by atoms with van der Waals surface area (Å²) in [6.07, 6.45) is -2.83. The summed E-state index contributed by atoms with van der Waals surface area (Å²) in [4.78, 5) is 10.6. The molecule has 4 nitrogen and oxygen atoms in total. The SMILES string of the molecule is COc1ccc(C(F)F)c(CC(N)C(=O)O)c1. The summed E-state index contributed by atoms with van der Waals surface area (Å²) < 4.78 is 30.3. The largest absolute Gasteiger partial charge is 0.497 e. The number of halogens is 2. The van der Waals surface area contributed by atoms with Crippen molar-refractivity contribution in [3.63, 3.8) is 0 Å². The van der Waals surface area contributed by atoms with Crippen LogP contribution in [0.3, 0.4) is 0 Å². The molecule has 0 aliphatic carbocycles. The van der Waals surface area contributed by atoms with Crippen molar-refractivity contribution in [3.05, 3.63) is 29.3 Å². The van der Waals surface area contributed by atoms with Gasteiger partial charge < -0.3 is 15.6 Å². The van der Waals surface area contributed by atoms with Crippen molar-refractivity contribution in [2.75, 3.05) is 7.11 Å². The number of hydrogen-bond donors (Lipinski definition) is 2. The van der Waals surface area contributed by atoms with E-state index >= 15 is 0 Å². The Kier molecular flexibility index (Phi) is 4.39. The molecule has 0 saturated carbocycles. The zero-order valence-corrected chi connectivity index (χ0v) is 9.19. The molecule has 0 aliphatic rings. The minimum Gasteiger partial charge on any atom is -0.497 e. The highest BCUT2D eigenvalue weighted by Gasteiger charge is 2.19. The Morgan fingerprint density at radius 1 is 1.53 bits per heavy atom. The summed E-state index contributed by atoms with van der Waals surface area (Å²) in [6, 6.07) is 2.79. The lowest BCUT2D eigenvalue weighted by Gasteiger charge is -2.13. The predicted octanol–water partition coefficient (Wildman–Crippen LogP) is 1.59. The number of rotatable bonds is 5. The quantitative estimate of drug-likeness (QED) is 0.826. The van der Waals surface area contributed by atoms with Crippen LogP contribution in [-0.2, 0) is 11.2 Å². The van der Waals surface area contributed by atoms with Crippen LogP contribution in [0.5, 0.6) is 5.75 Å². The molecule has 0 heterocycles. The molecule has 0 saturated heterocycles. The van der Waals surface area contributed by atoms with Gasteiger partial charge in [0.2, 0.25) is 0 Å². The van der Waals surface area contributed by atoms with Gasteiger partial charge in [-0.25, -0.2) is 8.78 Å². The molecule has 1 atom stereocenters. The van der Waals surface area contributed by atoms with Gasteiger partial charge in [-0.2, -0.15) is 0 Å². The molecule has 1 aromatic carbocycles. The molecule has 6 heteroatoms. The van der Waals surface area contributed by atoms with E-state index in [1.54, 1.807) is 0 Å². The second kappa shape index (κ2) is 5.58. The van der Waals surface area contributed by atoms with Crippen LogP contribution in [-0.4, -0.2) is 24.2 Å². The van der Waals surface area contributed by atoms with E-state index in [-0.39, 0.29) is 17.5 Å². The summed E-state index contributed by atoms with van der Waals surface area (Å²) >= 11 is 0. The molecule has 0 aromatic heterocycles. The summed E-state index contributed by atoms with van der Waals surface area (Å²) in [5.41, 5.74) is 5.29. The van der Waals surface area contributed by atoms with Crippen LogP contribution >= 0.6 is 0 Å². The van der Waals surface area contributed by atoms with E-state index in [4.69, 9.17) is 15.6 Å². The summed E-state index contributed by atoms with van der Waals surface area (Å²) in [5, 5.41) is 8.66. The van der Waals surface area contributed by atoms with Gasteiger partial charge in [-0.15, -0.1) is 0 Å². The Bertz CT molecular complexity index is 410. The van der Waals surface area contributed by atoms with Crippen molar-refractivity contribution in [2.24, 2.45) is 5.73 Å². The summed E-state index contributed by atoms with van der Waals surface area (Å²) in [5.74, 6) is -0.838. The first kappa shape index (κ1) is 13.4. The van der Waals surface area contributed by atoms with Crippen LogP contribution in [0.25, 0.3) is 0 Å². The maximum absolute atomic E-state index is 12.7. The lowest BCUT2D eigenvalue weighted by atomic mass is 10.0. The molecule has 0 bridgehead atoms. The molecule has 3 N–H and O–H groups in total. The van der Waals surface area contributed by atoms with Gasteiger partial charge in [-0.05, 0) is 30.2 Å². The first-order valence-electron chi connectivity index (χ1n) is 4.89. The fourth-order valence-corrected chi connectivity index (χ4v) is 1.42. The lowest BCUT2D eigenvalue weighted by molar-refractivity contribution is -0.138. The summed E-state index contributed by atoms with van der Waals surface area (Å²) in [6.45, 7) is 0. The molecule has 1 aromatic rings. The number of carboxylic acids is 1. The fraction of sp³-hybridized carbons (Fsp3) is 0.364. The number of ether oxygens (including phenoxy) is 1. The predicted molar refractivity (Wildman–Crippen MR) is 57.3 cm³/mol. The number of carboxylic acid groups (broad SMARTS) is 1. The standard InChI is InChI=1S/C11H13F2NO3/c1-17-7-2-3-8(10(12)13)6(4-7)5-9(14)11(15)16/h2-4,9-10H,5,14H2,1H3,(H,15,16). The average molecular weight is 245 g/mol. The van der Waals surface area contributed by atoms with Crippen molar-refractivity contribution in [1.82, 2.24) is 0 Å². The summed E-state index contributed by atoms with van der Waals surface area (Å²) in [7, 11) is 1.40. The Hall–Kier alpha value is -1.69. The topological polar surface area (TPSA) is 72.5 Å². The van der Waals surface area contributed by atoms with Gasteiger partial charge in [0, 0.05) is 5.56 Å². The van der Waals surface area contributed by atoms with Crippen LogP contribution < -0.4 is 10.5 Å². The molecule has 1 unspecified atom stereocenters. The number of alkyl halides is 2. The number of hydrogen-bond acceptors (Lipinski definition) is 3. The first-order valence-corrected chi connectivity index (χ1v) is 4.89. The minimum absolute atomic E-state index is 0.161. The third kappa shape index (κ3) is 3.39. The van der Waals surface area contributed by atoms with E-state index in [1.807, 2.05) is 0 Å². The van der Waals surface area contributed by atoms with Crippen molar-refractivity contribution < 1.29 is 23.4 Å². The normalized spacial score (nSPS) is 12.5. The zero-order valence-electron chi connectivity index (χ0n) is 9.19. The van der Waals surface area contributed by atoms with Crippen LogP contribution in [0.15, 0.2) is 18.2 Å². The minimum atomic E-state index is -2.67. The van der Waals surface area contributed by atoms with Gasteiger partial charge >= 0.3 is 5.97 Å². The second-order valence-corrected chi connectivity index (χ2v) is 3.51.